The topological polar surface area (TPSA) is 56.7 Å². The van der Waals surface area contributed by atoms with Gasteiger partial charge in [-0.3, -0.25) is 14.7 Å². The monoisotopic (exact) mass is 317 g/mol. The van der Waals surface area contributed by atoms with Gasteiger partial charge in [-0.25, -0.2) is 0 Å². The molecule has 3 rings (SSSR count). The van der Waals surface area contributed by atoms with E-state index in [9.17, 15) is 9.90 Å². The molecule has 2 heterocycles. The van der Waals surface area contributed by atoms with Gasteiger partial charge in [0.2, 0.25) is 5.91 Å². The largest absolute Gasteiger partial charge is 0.391 e. The molecule has 1 N–H and O–H groups in total. The Labute approximate surface area is 138 Å². The van der Waals surface area contributed by atoms with Gasteiger partial charge in [-0.05, 0) is 44.2 Å². The standard InChI is InChI=1S/C18H27N3O2/c22-17-8-4-7-16(17)20-11-13-21(14-12-20)18(23)9-3-6-15-5-1-2-10-19-15/h1-2,5,10,16-17,22H,3-4,6-9,11-14H2/t16-,17+/m0/s1. The van der Waals surface area contributed by atoms with Gasteiger partial charge in [0.05, 0.1) is 6.10 Å². The third-order valence-electron chi connectivity index (χ3n) is 5.13. The molecule has 0 bridgehead atoms. The number of amides is 1. The number of carbonyl (C=O) groups is 1. The highest BCUT2D eigenvalue weighted by Crippen LogP contribution is 2.25. The Morgan fingerprint density at radius 1 is 1.22 bits per heavy atom. The normalized spacial score (nSPS) is 25.7. The molecule has 1 saturated carbocycles. The van der Waals surface area contributed by atoms with Gasteiger partial charge < -0.3 is 10.0 Å². The molecule has 0 aromatic carbocycles. The molecule has 0 radical (unpaired) electrons. The first-order valence-corrected chi connectivity index (χ1v) is 8.84. The van der Waals surface area contributed by atoms with Gasteiger partial charge in [-0.2, -0.15) is 0 Å². The molecule has 2 fully saturated rings. The summed E-state index contributed by atoms with van der Waals surface area (Å²) in [4.78, 5) is 21.0. The van der Waals surface area contributed by atoms with E-state index in [2.05, 4.69) is 9.88 Å². The molecule has 1 aromatic heterocycles. The van der Waals surface area contributed by atoms with Crippen molar-refractivity contribution in [2.75, 3.05) is 26.2 Å². The summed E-state index contributed by atoms with van der Waals surface area (Å²) < 4.78 is 0. The molecule has 1 saturated heterocycles. The molecule has 1 aliphatic heterocycles. The Morgan fingerprint density at radius 2 is 2.04 bits per heavy atom. The van der Waals surface area contributed by atoms with E-state index in [0.717, 1.165) is 64.0 Å². The van der Waals surface area contributed by atoms with Gasteiger partial charge in [0, 0.05) is 50.5 Å². The summed E-state index contributed by atoms with van der Waals surface area (Å²) in [5, 5.41) is 10.0. The first-order valence-electron chi connectivity index (χ1n) is 8.84. The Morgan fingerprint density at radius 3 is 2.70 bits per heavy atom. The maximum atomic E-state index is 12.3. The highest BCUT2D eigenvalue weighted by molar-refractivity contribution is 5.76. The first-order chi connectivity index (χ1) is 11.2. The minimum Gasteiger partial charge on any atom is -0.391 e. The van der Waals surface area contributed by atoms with Gasteiger partial charge in [0.1, 0.15) is 0 Å². The molecule has 23 heavy (non-hydrogen) atoms. The van der Waals surface area contributed by atoms with Crippen LogP contribution in [0.15, 0.2) is 24.4 Å². The zero-order valence-electron chi connectivity index (χ0n) is 13.7. The van der Waals surface area contributed by atoms with E-state index >= 15 is 0 Å². The predicted octanol–water partition coefficient (Wildman–Crippen LogP) is 1.46. The predicted molar refractivity (Wildman–Crippen MR) is 89.0 cm³/mol. The van der Waals surface area contributed by atoms with Crippen LogP contribution in [0.5, 0.6) is 0 Å². The van der Waals surface area contributed by atoms with Crippen LogP contribution in [-0.4, -0.2) is 64.1 Å². The van der Waals surface area contributed by atoms with Crippen LogP contribution in [-0.2, 0) is 11.2 Å². The SMILES string of the molecule is O=C(CCCc1ccccn1)N1CCN([C@H]2CCC[C@H]2O)CC1. The summed E-state index contributed by atoms with van der Waals surface area (Å²) in [5.41, 5.74) is 1.06. The summed E-state index contributed by atoms with van der Waals surface area (Å²) >= 11 is 0. The van der Waals surface area contributed by atoms with Crippen molar-refractivity contribution >= 4 is 5.91 Å². The van der Waals surface area contributed by atoms with Crippen LogP contribution in [0.1, 0.15) is 37.8 Å². The van der Waals surface area contributed by atoms with Crippen molar-refractivity contribution in [3.63, 3.8) is 0 Å². The number of hydrogen-bond donors (Lipinski definition) is 1. The number of carbonyl (C=O) groups excluding carboxylic acids is 1. The molecule has 5 nitrogen and oxygen atoms in total. The number of hydrogen-bond acceptors (Lipinski definition) is 4. The number of piperazine rings is 1. The molecule has 0 unspecified atom stereocenters. The molecule has 2 aliphatic rings. The van der Waals surface area contributed by atoms with Crippen LogP contribution in [0.3, 0.4) is 0 Å². The van der Waals surface area contributed by atoms with Crippen molar-refractivity contribution < 1.29 is 9.90 Å². The number of aromatic nitrogens is 1. The maximum absolute atomic E-state index is 12.3. The number of nitrogens with zero attached hydrogens (tertiary/aromatic N) is 3. The van der Waals surface area contributed by atoms with E-state index in [1.54, 1.807) is 6.20 Å². The zero-order chi connectivity index (χ0) is 16.1. The van der Waals surface area contributed by atoms with Gasteiger partial charge in [-0.15, -0.1) is 0 Å². The number of aryl methyl sites for hydroxylation is 1. The molecular weight excluding hydrogens is 290 g/mol. The number of pyridine rings is 1. The highest BCUT2D eigenvalue weighted by atomic mass is 16.3. The fraction of sp³-hybridized carbons (Fsp3) is 0.667. The summed E-state index contributed by atoms with van der Waals surface area (Å²) in [5.74, 6) is 0.257. The fourth-order valence-corrected chi connectivity index (χ4v) is 3.77. The maximum Gasteiger partial charge on any atom is 0.222 e. The Balaban J connectivity index is 1.38. The lowest BCUT2D eigenvalue weighted by molar-refractivity contribution is -0.133. The molecule has 1 aromatic rings. The molecule has 0 spiro atoms. The number of rotatable bonds is 5. The van der Waals surface area contributed by atoms with Crippen molar-refractivity contribution in [2.24, 2.45) is 0 Å². The average Bonchev–Trinajstić information content (AvgIpc) is 3.02. The van der Waals surface area contributed by atoms with Crippen LogP contribution in [0.2, 0.25) is 0 Å². The van der Waals surface area contributed by atoms with E-state index in [1.165, 1.54) is 0 Å². The van der Waals surface area contributed by atoms with Crippen molar-refractivity contribution in [1.82, 2.24) is 14.8 Å². The van der Waals surface area contributed by atoms with Gasteiger partial charge in [-0.1, -0.05) is 6.07 Å². The smallest absolute Gasteiger partial charge is 0.222 e. The van der Waals surface area contributed by atoms with E-state index in [0.29, 0.717) is 12.5 Å². The fourth-order valence-electron chi connectivity index (χ4n) is 3.77. The molecule has 1 aliphatic carbocycles. The van der Waals surface area contributed by atoms with Crippen LogP contribution in [0.4, 0.5) is 0 Å². The lowest BCUT2D eigenvalue weighted by atomic mass is 10.1. The highest BCUT2D eigenvalue weighted by Gasteiger charge is 2.33. The van der Waals surface area contributed by atoms with E-state index in [1.807, 2.05) is 23.1 Å². The minimum absolute atomic E-state index is 0.171. The van der Waals surface area contributed by atoms with Crippen molar-refractivity contribution in [3.8, 4) is 0 Å². The minimum atomic E-state index is -0.171. The molecule has 1 amide bonds. The lowest BCUT2D eigenvalue weighted by Gasteiger charge is -2.39. The van der Waals surface area contributed by atoms with E-state index in [-0.39, 0.29) is 12.0 Å². The molecule has 2 atom stereocenters. The van der Waals surface area contributed by atoms with Crippen LogP contribution in [0, 0.1) is 0 Å². The van der Waals surface area contributed by atoms with Crippen molar-refractivity contribution in [3.05, 3.63) is 30.1 Å². The van der Waals surface area contributed by atoms with Crippen molar-refractivity contribution in [2.45, 2.75) is 50.7 Å². The summed E-state index contributed by atoms with van der Waals surface area (Å²) in [7, 11) is 0. The van der Waals surface area contributed by atoms with Gasteiger partial charge in [0.25, 0.3) is 0 Å². The van der Waals surface area contributed by atoms with Crippen LogP contribution >= 0.6 is 0 Å². The molecule has 5 heteroatoms. The molecule has 126 valence electrons. The average molecular weight is 317 g/mol. The summed E-state index contributed by atoms with van der Waals surface area (Å²) in [6.45, 7) is 3.39. The number of aliphatic hydroxyl groups excluding tert-OH is 1. The molecular formula is C18H27N3O2. The summed E-state index contributed by atoms with van der Waals surface area (Å²) in [6.07, 6.45) is 7.10. The van der Waals surface area contributed by atoms with Crippen LogP contribution < -0.4 is 0 Å². The Hall–Kier alpha value is -1.46. The van der Waals surface area contributed by atoms with Crippen LogP contribution in [0.25, 0.3) is 0 Å². The second-order valence-electron chi connectivity index (χ2n) is 6.66. The van der Waals surface area contributed by atoms with Gasteiger partial charge in [0.15, 0.2) is 0 Å². The first kappa shape index (κ1) is 16.4. The third kappa shape index (κ3) is 4.30. The second-order valence-corrected chi connectivity index (χ2v) is 6.66. The third-order valence-corrected chi connectivity index (χ3v) is 5.13. The quantitative estimate of drug-likeness (QED) is 0.893. The van der Waals surface area contributed by atoms with E-state index < -0.39 is 0 Å². The lowest BCUT2D eigenvalue weighted by Crippen LogP contribution is -2.53. The Bertz CT molecular complexity index is 500. The summed E-state index contributed by atoms with van der Waals surface area (Å²) in [6, 6.07) is 6.23. The van der Waals surface area contributed by atoms with Crippen molar-refractivity contribution in [1.29, 1.82) is 0 Å². The number of aliphatic hydroxyl groups is 1. The van der Waals surface area contributed by atoms with Gasteiger partial charge >= 0.3 is 0 Å². The van der Waals surface area contributed by atoms with E-state index in [4.69, 9.17) is 0 Å². The zero-order valence-corrected chi connectivity index (χ0v) is 13.7. The Kier molecular flexibility index (Phi) is 5.62. The second kappa shape index (κ2) is 7.88.